The van der Waals surface area contributed by atoms with Crippen LogP contribution in [0.15, 0.2) is 48.7 Å². The molecule has 2 amide bonds. The van der Waals surface area contributed by atoms with Crippen LogP contribution < -0.4 is 15.4 Å². The molecule has 158 valence electrons. The zero-order valence-corrected chi connectivity index (χ0v) is 17.5. The van der Waals surface area contributed by atoms with Gasteiger partial charge in [-0.2, -0.15) is 0 Å². The van der Waals surface area contributed by atoms with Gasteiger partial charge in [0.1, 0.15) is 17.1 Å². The number of nitrogens with one attached hydrogen (secondary N) is 2. The van der Waals surface area contributed by atoms with Gasteiger partial charge in [-0.25, -0.2) is 4.98 Å². The number of ether oxygens (including phenoxy) is 1. The molecule has 0 unspecified atom stereocenters. The monoisotopic (exact) mass is 408 g/mol. The molecule has 0 aliphatic rings. The van der Waals surface area contributed by atoms with E-state index in [9.17, 15) is 9.59 Å². The molecule has 0 bridgehead atoms. The van der Waals surface area contributed by atoms with E-state index in [1.165, 1.54) is 0 Å². The van der Waals surface area contributed by atoms with Crippen LogP contribution >= 0.6 is 0 Å². The van der Waals surface area contributed by atoms with Crippen LogP contribution in [0, 0.1) is 6.92 Å². The molecule has 0 radical (unpaired) electrons. The van der Waals surface area contributed by atoms with E-state index in [-0.39, 0.29) is 11.8 Å². The van der Waals surface area contributed by atoms with Crippen LogP contribution in [0.5, 0.6) is 5.75 Å². The average molecular weight is 409 g/mol. The number of carbonyl (C=O) groups excluding carboxylic acids is 2. The number of hydrogen-bond acceptors (Lipinski definition) is 4. The van der Waals surface area contributed by atoms with Crippen LogP contribution in [-0.4, -0.2) is 34.9 Å². The quantitative estimate of drug-likeness (QED) is 0.504. The molecular weight excluding hydrogens is 380 g/mol. The van der Waals surface area contributed by atoms with Gasteiger partial charge in [0.2, 0.25) is 5.91 Å². The van der Waals surface area contributed by atoms with Crippen LogP contribution in [0.25, 0.3) is 5.65 Å². The summed E-state index contributed by atoms with van der Waals surface area (Å²) in [6.07, 6.45) is 4.78. The van der Waals surface area contributed by atoms with Crippen LogP contribution in [0.3, 0.4) is 0 Å². The zero-order chi connectivity index (χ0) is 21.3. The predicted molar refractivity (Wildman–Crippen MR) is 116 cm³/mol. The second-order valence-corrected chi connectivity index (χ2v) is 7.13. The van der Waals surface area contributed by atoms with Crippen molar-refractivity contribution in [3.63, 3.8) is 0 Å². The van der Waals surface area contributed by atoms with Crippen molar-refractivity contribution in [1.82, 2.24) is 20.0 Å². The average Bonchev–Trinajstić information content (AvgIpc) is 3.10. The SMILES string of the molecule is COc1ccccc1CNC(=O)CCCCCNC(=O)c1c(C)nc2ccccn12. The van der Waals surface area contributed by atoms with Gasteiger partial charge in [0, 0.05) is 31.3 Å². The number of amides is 2. The summed E-state index contributed by atoms with van der Waals surface area (Å²) >= 11 is 0. The van der Waals surface area contributed by atoms with Gasteiger partial charge in [-0.05, 0) is 38.0 Å². The summed E-state index contributed by atoms with van der Waals surface area (Å²) in [5.41, 5.74) is 3.00. The van der Waals surface area contributed by atoms with E-state index >= 15 is 0 Å². The van der Waals surface area contributed by atoms with Gasteiger partial charge in [0.15, 0.2) is 0 Å². The van der Waals surface area contributed by atoms with E-state index < -0.39 is 0 Å². The summed E-state index contributed by atoms with van der Waals surface area (Å²) in [4.78, 5) is 29.0. The number of imidazole rings is 1. The minimum absolute atomic E-state index is 0.0197. The molecule has 2 heterocycles. The number of unbranched alkanes of at least 4 members (excludes halogenated alkanes) is 2. The number of carbonyl (C=O) groups is 2. The van der Waals surface area contributed by atoms with Crippen LogP contribution in [0.2, 0.25) is 0 Å². The molecule has 2 N–H and O–H groups in total. The Labute approximate surface area is 176 Å². The molecular formula is C23H28N4O3. The number of methoxy groups -OCH3 is 1. The minimum Gasteiger partial charge on any atom is -0.496 e. The first-order valence-electron chi connectivity index (χ1n) is 10.2. The van der Waals surface area contributed by atoms with Gasteiger partial charge in [-0.15, -0.1) is 0 Å². The van der Waals surface area contributed by atoms with E-state index in [0.29, 0.717) is 30.9 Å². The number of para-hydroxylation sites is 1. The van der Waals surface area contributed by atoms with Crippen molar-refractivity contribution in [1.29, 1.82) is 0 Å². The standard InChI is InChI=1S/C23H28N4O3/c1-17-22(27-15-9-7-12-20(27)26-17)23(29)24-14-8-3-4-13-21(28)25-16-18-10-5-6-11-19(18)30-2/h5-7,9-12,15H,3-4,8,13-14,16H2,1-2H3,(H,24,29)(H,25,28). The lowest BCUT2D eigenvalue weighted by molar-refractivity contribution is -0.121. The van der Waals surface area contributed by atoms with Crippen molar-refractivity contribution in [3.8, 4) is 5.75 Å². The van der Waals surface area contributed by atoms with E-state index in [2.05, 4.69) is 15.6 Å². The van der Waals surface area contributed by atoms with Crippen LogP contribution in [-0.2, 0) is 11.3 Å². The minimum atomic E-state index is -0.124. The molecule has 1 aromatic carbocycles. The van der Waals surface area contributed by atoms with Gasteiger partial charge in [0.25, 0.3) is 5.91 Å². The number of benzene rings is 1. The third-order valence-corrected chi connectivity index (χ3v) is 4.95. The van der Waals surface area contributed by atoms with E-state index in [1.807, 2.05) is 55.6 Å². The molecule has 3 rings (SSSR count). The Balaban J connectivity index is 1.34. The summed E-state index contributed by atoms with van der Waals surface area (Å²) in [6, 6.07) is 13.3. The fourth-order valence-corrected chi connectivity index (χ4v) is 3.39. The molecule has 0 fully saturated rings. The second-order valence-electron chi connectivity index (χ2n) is 7.13. The van der Waals surface area contributed by atoms with Crippen molar-refractivity contribution < 1.29 is 14.3 Å². The summed E-state index contributed by atoms with van der Waals surface area (Å²) < 4.78 is 7.09. The first-order chi connectivity index (χ1) is 14.6. The molecule has 0 saturated carbocycles. The predicted octanol–water partition coefficient (Wildman–Crippen LogP) is 3.26. The zero-order valence-electron chi connectivity index (χ0n) is 17.5. The Bertz CT molecular complexity index is 1010. The second kappa shape index (κ2) is 10.4. The Hall–Kier alpha value is -3.35. The Morgan fingerprint density at radius 2 is 1.83 bits per heavy atom. The molecule has 0 aliphatic carbocycles. The Morgan fingerprint density at radius 1 is 1.03 bits per heavy atom. The van der Waals surface area contributed by atoms with Gasteiger partial charge in [-0.3, -0.25) is 14.0 Å². The molecule has 0 spiro atoms. The van der Waals surface area contributed by atoms with E-state index in [4.69, 9.17) is 4.74 Å². The lowest BCUT2D eigenvalue weighted by Crippen LogP contribution is -2.26. The number of aryl methyl sites for hydroxylation is 1. The number of pyridine rings is 1. The molecule has 2 aromatic heterocycles. The molecule has 3 aromatic rings. The van der Waals surface area contributed by atoms with Gasteiger partial charge in [-0.1, -0.05) is 30.7 Å². The highest BCUT2D eigenvalue weighted by Crippen LogP contribution is 2.16. The number of hydrogen-bond donors (Lipinski definition) is 2. The summed E-state index contributed by atoms with van der Waals surface area (Å²) in [7, 11) is 1.62. The molecule has 7 nitrogen and oxygen atoms in total. The van der Waals surface area contributed by atoms with Crippen molar-refractivity contribution in [2.45, 2.75) is 39.2 Å². The third kappa shape index (κ3) is 5.37. The van der Waals surface area contributed by atoms with Crippen LogP contribution in [0.1, 0.15) is 47.4 Å². The highest BCUT2D eigenvalue weighted by Gasteiger charge is 2.15. The van der Waals surface area contributed by atoms with Gasteiger partial charge in [0.05, 0.1) is 12.8 Å². The maximum absolute atomic E-state index is 12.5. The molecule has 0 atom stereocenters. The molecule has 7 heteroatoms. The van der Waals surface area contributed by atoms with Gasteiger partial charge < -0.3 is 15.4 Å². The smallest absolute Gasteiger partial charge is 0.270 e. The fourth-order valence-electron chi connectivity index (χ4n) is 3.39. The van der Waals surface area contributed by atoms with E-state index in [0.717, 1.165) is 36.2 Å². The lowest BCUT2D eigenvalue weighted by atomic mass is 10.1. The lowest BCUT2D eigenvalue weighted by Gasteiger charge is -2.09. The third-order valence-electron chi connectivity index (χ3n) is 4.95. The first-order valence-corrected chi connectivity index (χ1v) is 10.2. The number of aromatic nitrogens is 2. The van der Waals surface area contributed by atoms with Crippen molar-refractivity contribution >= 4 is 17.5 Å². The largest absolute Gasteiger partial charge is 0.496 e. The summed E-state index contributed by atoms with van der Waals surface area (Å²) in [6.45, 7) is 2.87. The summed E-state index contributed by atoms with van der Waals surface area (Å²) in [5, 5.41) is 5.88. The Kier molecular flexibility index (Phi) is 7.43. The normalized spacial score (nSPS) is 10.7. The van der Waals surface area contributed by atoms with Crippen LogP contribution in [0.4, 0.5) is 0 Å². The first kappa shape index (κ1) is 21.4. The number of fused-ring (bicyclic) bond motifs is 1. The summed E-state index contributed by atoms with van der Waals surface area (Å²) in [5.74, 6) is 0.668. The topological polar surface area (TPSA) is 84.7 Å². The highest BCUT2D eigenvalue weighted by atomic mass is 16.5. The maximum Gasteiger partial charge on any atom is 0.270 e. The highest BCUT2D eigenvalue weighted by molar-refractivity contribution is 5.94. The molecule has 30 heavy (non-hydrogen) atoms. The maximum atomic E-state index is 12.5. The van der Waals surface area contributed by atoms with Crippen molar-refractivity contribution in [3.05, 3.63) is 65.6 Å². The number of rotatable bonds is 10. The van der Waals surface area contributed by atoms with Crippen molar-refractivity contribution in [2.24, 2.45) is 0 Å². The van der Waals surface area contributed by atoms with E-state index in [1.54, 1.807) is 11.5 Å². The van der Waals surface area contributed by atoms with Gasteiger partial charge >= 0.3 is 0 Å². The molecule has 0 aliphatic heterocycles. The fraction of sp³-hybridized carbons (Fsp3) is 0.348. The molecule has 0 saturated heterocycles. The Morgan fingerprint density at radius 3 is 2.67 bits per heavy atom. The van der Waals surface area contributed by atoms with Crippen molar-refractivity contribution in [2.75, 3.05) is 13.7 Å². The number of nitrogens with zero attached hydrogens (tertiary/aromatic N) is 2.